The molecular weight excluding hydrogens is 645 g/mol. The first-order valence-electron chi connectivity index (χ1n) is 14.6. The molecule has 0 radical (unpaired) electrons. The Morgan fingerprint density at radius 1 is 0.955 bits per heavy atom. The zero-order valence-electron chi connectivity index (χ0n) is 24.6. The molecule has 1 fully saturated rings. The van der Waals surface area contributed by atoms with Crippen LogP contribution in [-0.2, 0) is 26.2 Å². The molecule has 0 aliphatic heterocycles. The van der Waals surface area contributed by atoms with Crippen molar-refractivity contribution in [3.63, 3.8) is 0 Å². The summed E-state index contributed by atoms with van der Waals surface area (Å²) in [4.78, 5) is 29.3. The van der Waals surface area contributed by atoms with Crippen molar-refractivity contribution in [2.75, 3.05) is 17.5 Å². The summed E-state index contributed by atoms with van der Waals surface area (Å²) >= 11 is 18.7. The van der Waals surface area contributed by atoms with Gasteiger partial charge in [-0.05, 0) is 80.3 Å². The summed E-state index contributed by atoms with van der Waals surface area (Å²) in [6.07, 6.45) is 4.11. The molecule has 12 heteroatoms. The predicted octanol–water partition coefficient (Wildman–Crippen LogP) is 7.11. The number of nitrogens with one attached hydrogen (secondary N) is 1. The van der Waals surface area contributed by atoms with Crippen LogP contribution in [0.25, 0.3) is 0 Å². The minimum Gasteiger partial charge on any atom is -0.492 e. The van der Waals surface area contributed by atoms with Crippen LogP contribution >= 0.6 is 34.8 Å². The molecule has 236 valence electrons. The van der Waals surface area contributed by atoms with E-state index in [4.69, 9.17) is 39.5 Å². The Morgan fingerprint density at radius 3 is 2.25 bits per heavy atom. The van der Waals surface area contributed by atoms with E-state index in [9.17, 15) is 18.0 Å². The van der Waals surface area contributed by atoms with Crippen LogP contribution in [0.5, 0.6) is 5.75 Å². The molecule has 44 heavy (non-hydrogen) atoms. The van der Waals surface area contributed by atoms with E-state index in [2.05, 4.69) is 5.32 Å². The Balaban J connectivity index is 1.77. The van der Waals surface area contributed by atoms with Gasteiger partial charge >= 0.3 is 0 Å². The third-order valence-electron chi connectivity index (χ3n) is 7.56. The number of rotatable bonds is 13. The lowest BCUT2D eigenvalue weighted by atomic mass is 10.1. The van der Waals surface area contributed by atoms with Gasteiger partial charge in [0.1, 0.15) is 18.3 Å². The number of hydrogen-bond donors (Lipinski definition) is 1. The zero-order valence-corrected chi connectivity index (χ0v) is 27.7. The van der Waals surface area contributed by atoms with Crippen molar-refractivity contribution < 1.29 is 22.7 Å². The highest BCUT2D eigenvalue weighted by Crippen LogP contribution is 2.33. The Kier molecular flexibility index (Phi) is 11.8. The maximum absolute atomic E-state index is 14.4. The average molecular weight is 681 g/mol. The van der Waals surface area contributed by atoms with Gasteiger partial charge in [-0.15, -0.1) is 0 Å². The number of nitrogens with zero attached hydrogens (tertiary/aromatic N) is 2. The molecule has 3 aromatic rings. The van der Waals surface area contributed by atoms with Gasteiger partial charge in [0.25, 0.3) is 10.0 Å². The fraction of sp³-hybridized carbons (Fsp3) is 0.375. The van der Waals surface area contributed by atoms with Crippen molar-refractivity contribution in [1.82, 2.24) is 10.2 Å². The normalized spacial score (nSPS) is 14.2. The fourth-order valence-corrected chi connectivity index (χ4v) is 7.33. The second kappa shape index (κ2) is 15.3. The first-order chi connectivity index (χ1) is 21.0. The van der Waals surface area contributed by atoms with E-state index in [1.54, 1.807) is 49.4 Å². The number of hydrogen-bond acceptors (Lipinski definition) is 5. The van der Waals surface area contributed by atoms with E-state index >= 15 is 0 Å². The van der Waals surface area contributed by atoms with Crippen molar-refractivity contribution in [3.05, 3.63) is 87.4 Å². The van der Waals surface area contributed by atoms with E-state index < -0.39 is 28.5 Å². The maximum Gasteiger partial charge on any atom is 0.264 e. The van der Waals surface area contributed by atoms with Gasteiger partial charge in [-0.2, -0.15) is 0 Å². The minimum absolute atomic E-state index is 0.0344. The largest absolute Gasteiger partial charge is 0.492 e. The van der Waals surface area contributed by atoms with Crippen LogP contribution < -0.4 is 14.4 Å². The standard InChI is InChI=1S/C32H36Cl3N3O5S/c1-3-28(32(40)36-25-9-5-6-10-25)37(20-22-13-14-24(34)19-27(22)35)31(39)21-38(29-11-7-8-12-30(29)43-4-2)44(41,42)26-17-15-23(33)16-18-26/h7-8,11-19,25,28H,3-6,9-10,20-21H2,1-2H3,(H,36,40)/t28-/m0/s1. The Morgan fingerprint density at radius 2 is 1.61 bits per heavy atom. The molecule has 0 bridgehead atoms. The molecule has 1 N–H and O–H groups in total. The summed E-state index contributed by atoms with van der Waals surface area (Å²) < 4.78 is 35.1. The number of para-hydroxylation sites is 2. The van der Waals surface area contributed by atoms with Crippen LogP contribution in [0.1, 0.15) is 51.5 Å². The minimum atomic E-state index is -4.30. The molecule has 3 aromatic carbocycles. The van der Waals surface area contributed by atoms with E-state index in [1.165, 1.54) is 29.2 Å². The Labute approximate surface area is 274 Å². The smallest absolute Gasteiger partial charge is 0.264 e. The van der Waals surface area contributed by atoms with Gasteiger partial charge in [0, 0.05) is 27.7 Å². The van der Waals surface area contributed by atoms with E-state index in [-0.39, 0.29) is 35.7 Å². The highest BCUT2D eigenvalue weighted by atomic mass is 35.5. The van der Waals surface area contributed by atoms with Crippen LogP contribution in [0, 0.1) is 0 Å². The van der Waals surface area contributed by atoms with E-state index in [0.29, 0.717) is 32.8 Å². The van der Waals surface area contributed by atoms with Crippen LogP contribution in [0.15, 0.2) is 71.6 Å². The Hall–Kier alpha value is -2.98. The fourth-order valence-electron chi connectivity index (χ4n) is 5.31. The highest BCUT2D eigenvalue weighted by molar-refractivity contribution is 7.92. The van der Waals surface area contributed by atoms with Gasteiger partial charge in [-0.1, -0.05) is 72.8 Å². The molecule has 0 saturated heterocycles. The zero-order chi connectivity index (χ0) is 31.9. The number of carbonyl (C=O) groups is 2. The third kappa shape index (κ3) is 8.18. The number of anilines is 1. The summed E-state index contributed by atoms with van der Waals surface area (Å²) in [7, 11) is -4.30. The van der Waals surface area contributed by atoms with Gasteiger partial charge in [0.05, 0.1) is 17.2 Å². The number of carbonyl (C=O) groups excluding carboxylic acids is 2. The predicted molar refractivity (Wildman–Crippen MR) is 175 cm³/mol. The summed E-state index contributed by atoms with van der Waals surface area (Å²) in [6, 6.07) is 16.4. The van der Waals surface area contributed by atoms with Crippen LogP contribution in [-0.4, -0.2) is 50.4 Å². The second-order valence-corrected chi connectivity index (χ2v) is 13.7. The molecule has 1 aliphatic carbocycles. The third-order valence-corrected chi connectivity index (χ3v) is 10.2. The van der Waals surface area contributed by atoms with Crippen LogP contribution in [0.3, 0.4) is 0 Å². The van der Waals surface area contributed by atoms with E-state index in [1.807, 2.05) is 6.92 Å². The van der Waals surface area contributed by atoms with Crippen LogP contribution in [0.4, 0.5) is 5.69 Å². The molecule has 1 atom stereocenters. The molecular formula is C32H36Cl3N3O5S. The van der Waals surface area contributed by atoms with Gasteiger partial charge in [-0.25, -0.2) is 8.42 Å². The first kappa shape index (κ1) is 33.9. The number of amides is 2. The van der Waals surface area contributed by atoms with Gasteiger partial charge < -0.3 is 15.0 Å². The number of benzene rings is 3. The van der Waals surface area contributed by atoms with E-state index in [0.717, 1.165) is 30.0 Å². The van der Waals surface area contributed by atoms with Gasteiger partial charge in [-0.3, -0.25) is 13.9 Å². The van der Waals surface area contributed by atoms with Crippen molar-refractivity contribution in [2.24, 2.45) is 0 Å². The van der Waals surface area contributed by atoms with Gasteiger partial charge in [0.2, 0.25) is 11.8 Å². The molecule has 2 amide bonds. The quantitative estimate of drug-likeness (QED) is 0.208. The average Bonchev–Trinajstić information content (AvgIpc) is 3.50. The SMILES string of the molecule is CCOc1ccccc1N(CC(=O)N(Cc1ccc(Cl)cc1Cl)[C@@H](CC)C(=O)NC1CCCC1)S(=O)(=O)c1ccc(Cl)cc1. The molecule has 8 nitrogen and oxygen atoms in total. The summed E-state index contributed by atoms with van der Waals surface area (Å²) in [5.41, 5.74) is 0.754. The molecule has 4 rings (SSSR count). The van der Waals surface area contributed by atoms with Crippen molar-refractivity contribution in [3.8, 4) is 5.75 Å². The summed E-state index contributed by atoms with van der Waals surface area (Å²) in [6.45, 7) is 3.24. The van der Waals surface area contributed by atoms with Crippen molar-refractivity contribution in [1.29, 1.82) is 0 Å². The molecule has 0 unspecified atom stereocenters. The highest BCUT2D eigenvalue weighted by Gasteiger charge is 2.35. The lowest BCUT2D eigenvalue weighted by Gasteiger charge is -2.34. The van der Waals surface area contributed by atoms with Gasteiger partial charge in [0.15, 0.2) is 0 Å². The molecule has 1 saturated carbocycles. The summed E-state index contributed by atoms with van der Waals surface area (Å²) in [5.74, 6) is -0.591. The molecule has 0 aromatic heterocycles. The van der Waals surface area contributed by atoms with Crippen molar-refractivity contribution in [2.45, 2.75) is 69.5 Å². The number of sulfonamides is 1. The molecule has 1 aliphatic rings. The van der Waals surface area contributed by atoms with Crippen LogP contribution in [0.2, 0.25) is 15.1 Å². The van der Waals surface area contributed by atoms with Crippen molar-refractivity contribution >= 4 is 62.3 Å². The maximum atomic E-state index is 14.4. The molecule has 0 heterocycles. The second-order valence-electron chi connectivity index (χ2n) is 10.5. The number of halogens is 3. The monoisotopic (exact) mass is 679 g/mol. The molecule has 0 spiro atoms. The lowest BCUT2D eigenvalue weighted by Crippen LogP contribution is -2.53. The topological polar surface area (TPSA) is 96.0 Å². The summed E-state index contributed by atoms with van der Waals surface area (Å²) in [5, 5.41) is 4.22. The number of ether oxygens (including phenoxy) is 1. The Bertz CT molecular complexity index is 1560. The first-order valence-corrected chi connectivity index (χ1v) is 17.2. The lowest BCUT2D eigenvalue weighted by molar-refractivity contribution is -0.140.